The summed E-state index contributed by atoms with van der Waals surface area (Å²) in [5.74, 6) is -0.409. The number of fused-ring (bicyclic) bond motifs is 3. The fourth-order valence-electron chi connectivity index (χ4n) is 3.24. The lowest BCUT2D eigenvalue weighted by Gasteiger charge is -2.51. The van der Waals surface area contributed by atoms with Crippen LogP contribution in [-0.4, -0.2) is 41.1 Å². The minimum Gasteiger partial charge on any atom is -0.480 e. The molecule has 2 bridgehead atoms. The molecule has 3 saturated heterocycles. The van der Waals surface area contributed by atoms with E-state index in [4.69, 9.17) is 0 Å². The van der Waals surface area contributed by atoms with Gasteiger partial charge in [0, 0.05) is 18.0 Å². The number of carboxylic acid groups (broad SMARTS) is 1. The van der Waals surface area contributed by atoms with Crippen LogP contribution in [-0.2, 0) is 11.3 Å². The zero-order valence-electron chi connectivity index (χ0n) is 10.3. The summed E-state index contributed by atoms with van der Waals surface area (Å²) in [6.45, 7) is 3.42. The maximum Gasteiger partial charge on any atom is 0.325 e. The van der Waals surface area contributed by atoms with E-state index in [2.05, 4.69) is 16.3 Å². The van der Waals surface area contributed by atoms with Crippen molar-refractivity contribution in [2.45, 2.75) is 24.9 Å². The monoisotopic (exact) mass is 266 g/mol. The van der Waals surface area contributed by atoms with Gasteiger partial charge in [-0.15, -0.1) is 11.3 Å². The molecule has 0 aromatic carbocycles. The molecule has 5 heteroatoms. The molecule has 2 N–H and O–H groups in total. The molecule has 3 fully saturated rings. The number of carbonyl (C=O) groups is 1. The van der Waals surface area contributed by atoms with E-state index in [1.165, 1.54) is 4.88 Å². The van der Waals surface area contributed by atoms with Gasteiger partial charge >= 0.3 is 5.97 Å². The van der Waals surface area contributed by atoms with Crippen molar-refractivity contribution in [2.24, 2.45) is 5.92 Å². The largest absolute Gasteiger partial charge is 0.480 e. The Bertz CT molecular complexity index is 426. The van der Waals surface area contributed by atoms with Gasteiger partial charge in [0.25, 0.3) is 0 Å². The predicted molar refractivity (Wildman–Crippen MR) is 70.7 cm³/mol. The molecule has 0 radical (unpaired) electrons. The van der Waals surface area contributed by atoms with E-state index in [1.807, 2.05) is 11.4 Å². The molecule has 18 heavy (non-hydrogen) atoms. The van der Waals surface area contributed by atoms with Crippen molar-refractivity contribution >= 4 is 17.3 Å². The second-order valence-electron chi connectivity index (χ2n) is 5.26. The molecule has 3 aliphatic heterocycles. The molecule has 1 atom stereocenters. The molecule has 1 aromatic heterocycles. The number of nitrogens with one attached hydrogen (secondary N) is 1. The number of rotatable bonds is 4. The number of nitrogens with zero attached hydrogens (tertiary/aromatic N) is 1. The molecular formula is C13H18N2O2S. The highest BCUT2D eigenvalue weighted by Crippen LogP contribution is 2.36. The van der Waals surface area contributed by atoms with Gasteiger partial charge in [0.1, 0.15) is 5.54 Å². The Morgan fingerprint density at radius 1 is 1.56 bits per heavy atom. The molecule has 0 saturated carbocycles. The van der Waals surface area contributed by atoms with Gasteiger partial charge in [-0.25, -0.2) is 0 Å². The second kappa shape index (κ2) is 4.64. The van der Waals surface area contributed by atoms with Gasteiger partial charge in [0.05, 0.1) is 0 Å². The van der Waals surface area contributed by atoms with Crippen molar-refractivity contribution in [3.05, 3.63) is 22.4 Å². The third-order valence-electron chi connectivity index (χ3n) is 4.30. The molecule has 1 unspecified atom stereocenters. The summed E-state index contributed by atoms with van der Waals surface area (Å²) in [6.07, 6.45) is 2.01. The van der Waals surface area contributed by atoms with Gasteiger partial charge in [0.2, 0.25) is 0 Å². The average molecular weight is 266 g/mol. The summed E-state index contributed by atoms with van der Waals surface area (Å²) in [7, 11) is 0. The summed E-state index contributed by atoms with van der Waals surface area (Å²) in [4.78, 5) is 15.2. The number of piperidine rings is 3. The molecule has 4 heterocycles. The Kier molecular flexibility index (Phi) is 3.13. The van der Waals surface area contributed by atoms with Crippen molar-refractivity contribution in [3.63, 3.8) is 0 Å². The first-order valence-electron chi connectivity index (χ1n) is 6.44. The topological polar surface area (TPSA) is 52.6 Å². The Hall–Kier alpha value is -0.910. The summed E-state index contributed by atoms with van der Waals surface area (Å²) in [6, 6.07) is 4.06. The van der Waals surface area contributed by atoms with Gasteiger partial charge in [-0.05, 0) is 43.3 Å². The molecular weight excluding hydrogens is 248 g/mol. The molecule has 1 aromatic rings. The van der Waals surface area contributed by atoms with Gasteiger partial charge in [-0.3, -0.25) is 10.1 Å². The van der Waals surface area contributed by atoms with Crippen LogP contribution >= 0.6 is 11.3 Å². The number of carboxylic acids is 1. The summed E-state index contributed by atoms with van der Waals surface area (Å²) < 4.78 is 0. The number of thiophene rings is 1. The Labute approximate surface area is 111 Å². The fourth-order valence-corrected chi connectivity index (χ4v) is 3.89. The molecule has 3 aliphatic rings. The normalized spacial score (nSPS) is 34.7. The molecule has 0 spiro atoms. The number of hydrogen-bond donors (Lipinski definition) is 2. The van der Waals surface area contributed by atoms with Gasteiger partial charge in [-0.2, -0.15) is 0 Å². The minimum atomic E-state index is -0.736. The quantitative estimate of drug-likeness (QED) is 0.864. The second-order valence-corrected chi connectivity index (χ2v) is 6.29. The van der Waals surface area contributed by atoms with E-state index in [1.54, 1.807) is 11.3 Å². The SMILES string of the molecule is O=C(O)C1(NCc2cccs2)CN2CCC1CC2. The highest BCUT2D eigenvalue weighted by Gasteiger charge is 2.51. The highest BCUT2D eigenvalue weighted by atomic mass is 32.1. The first-order chi connectivity index (χ1) is 8.71. The molecule has 98 valence electrons. The van der Waals surface area contributed by atoms with Crippen molar-refractivity contribution in [3.8, 4) is 0 Å². The van der Waals surface area contributed by atoms with E-state index < -0.39 is 11.5 Å². The Morgan fingerprint density at radius 3 is 2.83 bits per heavy atom. The van der Waals surface area contributed by atoms with Crippen LogP contribution in [0.15, 0.2) is 17.5 Å². The molecule has 0 amide bonds. The standard InChI is InChI=1S/C13H18N2O2S/c16-12(17)13(14-8-11-2-1-7-18-11)9-15-5-3-10(13)4-6-15/h1-2,7,10,14H,3-6,8-9H2,(H,16,17). The van der Waals surface area contributed by atoms with Gasteiger partial charge in [0.15, 0.2) is 0 Å². The zero-order valence-corrected chi connectivity index (χ0v) is 11.1. The lowest BCUT2D eigenvalue weighted by Crippen LogP contribution is -2.69. The number of hydrogen-bond acceptors (Lipinski definition) is 4. The van der Waals surface area contributed by atoms with Crippen LogP contribution in [0.4, 0.5) is 0 Å². The van der Waals surface area contributed by atoms with Crippen LogP contribution in [0.5, 0.6) is 0 Å². The van der Waals surface area contributed by atoms with Gasteiger partial charge < -0.3 is 10.0 Å². The van der Waals surface area contributed by atoms with Crippen molar-refractivity contribution in [1.29, 1.82) is 0 Å². The maximum atomic E-state index is 11.7. The smallest absolute Gasteiger partial charge is 0.325 e. The summed E-state index contributed by atoms with van der Waals surface area (Å²) in [5, 5.41) is 15.0. The zero-order chi connectivity index (χ0) is 12.6. The van der Waals surface area contributed by atoms with Crippen LogP contribution in [0.3, 0.4) is 0 Å². The maximum absolute atomic E-state index is 11.7. The highest BCUT2D eigenvalue weighted by molar-refractivity contribution is 7.09. The van der Waals surface area contributed by atoms with Gasteiger partial charge in [-0.1, -0.05) is 6.07 Å². The Morgan fingerprint density at radius 2 is 2.33 bits per heavy atom. The third kappa shape index (κ3) is 1.96. The average Bonchev–Trinajstić information content (AvgIpc) is 2.90. The van der Waals surface area contributed by atoms with Crippen LogP contribution in [0.1, 0.15) is 17.7 Å². The van der Waals surface area contributed by atoms with Crippen LogP contribution < -0.4 is 5.32 Å². The van der Waals surface area contributed by atoms with E-state index in [9.17, 15) is 9.90 Å². The van der Waals surface area contributed by atoms with Crippen LogP contribution in [0.2, 0.25) is 0 Å². The molecule has 4 rings (SSSR count). The van der Waals surface area contributed by atoms with E-state index in [0.717, 1.165) is 25.9 Å². The first-order valence-corrected chi connectivity index (χ1v) is 7.32. The fraction of sp³-hybridized carbons (Fsp3) is 0.615. The van der Waals surface area contributed by atoms with Crippen molar-refractivity contribution in [2.75, 3.05) is 19.6 Å². The van der Waals surface area contributed by atoms with Crippen LogP contribution in [0, 0.1) is 5.92 Å². The van der Waals surface area contributed by atoms with E-state index in [-0.39, 0.29) is 5.92 Å². The minimum absolute atomic E-state index is 0.278. The Balaban J connectivity index is 1.77. The molecule has 4 nitrogen and oxygen atoms in total. The van der Waals surface area contributed by atoms with Crippen molar-refractivity contribution < 1.29 is 9.90 Å². The third-order valence-corrected chi connectivity index (χ3v) is 5.17. The number of aliphatic carboxylic acids is 1. The summed E-state index contributed by atoms with van der Waals surface area (Å²) >= 11 is 1.67. The van der Waals surface area contributed by atoms with E-state index in [0.29, 0.717) is 13.1 Å². The first kappa shape index (κ1) is 12.1. The van der Waals surface area contributed by atoms with E-state index >= 15 is 0 Å². The lowest BCUT2D eigenvalue weighted by molar-refractivity contribution is -0.154. The lowest BCUT2D eigenvalue weighted by atomic mass is 9.72. The van der Waals surface area contributed by atoms with Crippen molar-refractivity contribution in [1.82, 2.24) is 10.2 Å². The van der Waals surface area contributed by atoms with Crippen LogP contribution in [0.25, 0.3) is 0 Å². The predicted octanol–water partition coefficient (Wildman–Crippen LogP) is 1.39. The molecule has 0 aliphatic carbocycles. The summed E-state index contributed by atoms with van der Waals surface area (Å²) in [5.41, 5.74) is -0.736.